The van der Waals surface area contributed by atoms with Crippen LogP contribution in [-0.2, 0) is 9.59 Å². The summed E-state index contributed by atoms with van der Waals surface area (Å²) in [6.07, 6.45) is 0.365. The molecular formula is C15H17Cl2N3O3. The van der Waals surface area contributed by atoms with Gasteiger partial charge in [0, 0.05) is 19.0 Å². The van der Waals surface area contributed by atoms with Crippen molar-refractivity contribution < 1.29 is 14.3 Å². The molecule has 1 aromatic carbocycles. The Labute approximate surface area is 144 Å². The van der Waals surface area contributed by atoms with Crippen molar-refractivity contribution >= 4 is 46.6 Å². The molecular weight excluding hydrogens is 341 g/mol. The Kier molecular flexibility index (Phi) is 5.49. The fourth-order valence-corrected chi connectivity index (χ4v) is 2.74. The van der Waals surface area contributed by atoms with E-state index < -0.39 is 0 Å². The Hall–Kier alpha value is -1.79. The van der Waals surface area contributed by atoms with Gasteiger partial charge in [0.2, 0.25) is 17.7 Å². The maximum absolute atomic E-state index is 11.7. The highest BCUT2D eigenvalue weighted by Gasteiger charge is 2.29. The first kappa shape index (κ1) is 17.6. The molecule has 1 unspecified atom stereocenters. The van der Waals surface area contributed by atoms with Crippen LogP contribution in [0, 0.1) is 11.8 Å². The topological polar surface area (TPSA) is 79.8 Å². The third-order valence-corrected chi connectivity index (χ3v) is 3.93. The number of ether oxygens (including phenoxy) is 1. The molecule has 0 saturated carbocycles. The highest BCUT2D eigenvalue weighted by Crippen LogP contribution is 2.37. The number of hydrogen-bond donors (Lipinski definition) is 2. The zero-order valence-corrected chi connectivity index (χ0v) is 14.5. The van der Waals surface area contributed by atoms with Crippen molar-refractivity contribution in [2.24, 2.45) is 16.9 Å². The first-order chi connectivity index (χ1) is 10.8. The van der Waals surface area contributed by atoms with E-state index in [1.165, 1.54) is 19.1 Å². The summed E-state index contributed by atoms with van der Waals surface area (Å²) in [6.45, 7) is 5.29. The molecule has 0 spiro atoms. The summed E-state index contributed by atoms with van der Waals surface area (Å²) in [7, 11) is 0. The summed E-state index contributed by atoms with van der Waals surface area (Å²) in [5.41, 5.74) is 2.91. The van der Waals surface area contributed by atoms with E-state index in [-0.39, 0.29) is 39.4 Å². The van der Waals surface area contributed by atoms with Crippen LogP contribution in [0.15, 0.2) is 17.2 Å². The number of nitrogens with zero attached hydrogens (tertiary/aromatic N) is 1. The number of hydrazone groups is 1. The standard InChI is InChI=1S/C15H17Cl2N3O3/c1-7(2)10-6-13(19-20-15(10)22)23-14-11(16)4-9(5-12(14)17)18-8(3)21/h4-5,7,10H,6H2,1-3H3,(H,18,21)(H,20,22). The lowest BCUT2D eigenvalue weighted by Crippen LogP contribution is -2.38. The number of hydrogen-bond acceptors (Lipinski definition) is 4. The number of halogens is 2. The van der Waals surface area contributed by atoms with Gasteiger partial charge < -0.3 is 10.1 Å². The lowest BCUT2D eigenvalue weighted by molar-refractivity contribution is -0.126. The lowest BCUT2D eigenvalue weighted by atomic mass is 9.91. The van der Waals surface area contributed by atoms with Gasteiger partial charge in [0.1, 0.15) is 0 Å². The van der Waals surface area contributed by atoms with Gasteiger partial charge in [-0.3, -0.25) is 9.59 Å². The van der Waals surface area contributed by atoms with Crippen molar-refractivity contribution in [2.45, 2.75) is 27.2 Å². The van der Waals surface area contributed by atoms with E-state index in [2.05, 4.69) is 15.8 Å². The second-order valence-corrected chi connectivity index (χ2v) is 6.40. The Balaban J connectivity index is 2.20. The molecule has 0 saturated heterocycles. The summed E-state index contributed by atoms with van der Waals surface area (Å²) in [5.74, 6) is 0.130. The molecule has 1 atom stereocenters. The molecule has 1 aliphatic rings. The molecule has 6 nitrogen and oxygen atoms in total. The molecule has 0 bridgehead atoms. The summed E-state index contributed by atoms with van der Waals surface area (Å²) < 4.78 is 5.66. The molecule has 2 rings (SSSR count). The van der Waals surface area contributed by atoms with Crippen LogP contribution in [-0.4, -0.2) is 17.7 Å². The highest BCUT2D eigenvalue weighted by molar-refractivity contribution is 6.38. The minimum Gasteiger partial charge on any atom is -0.438 e. The number of amides is 2. The van der Waals surface area contributed by atoms with Crippen LogP contribution in [0.1, 0.15) is 27.2 Å². The third kappa shape index (κ3) is 4.36. The monoisotopic (exact) mass is 357 g/mol. The summed E-state index contributed by atoms with van der Waals surface area (Å²) in [6, 6.07) is 3.07. The van der Waals surface area contributed by atoms with Gasteiger partial charge in [0.15, 0.2) is 5.75 Å². The van der Waals surface area contributed by atoms with Gasteiger partial charge >= 0.3 is 0 Å². The molecule has 0 aliphatic carbocycles. The van der Waals surface area contributed by atoms with Crippen LogP contribution in [0.25, 0.3) is 0 Å². The quantitative estimate of drug-likeness (QED) is 0.869. The number of nitrogens with one attached hydrogen (secondary N) is 2. The zero-order valence-electron chi connectivity index (χ0n) is 12.9. The largest absolute Gasteiger partial charge is 0.438 e. The van der Waals surface area contributed by atoms with Gasteiger partial charge in [-0.25, -0.2) is 5.43 Å². The molecule has 0 fully saturated rings. The van der Waals surface area contributed by atoms with Crippen molar-refractivity contribution in [3.05, 3.63) is 22.2 Å². The van der Waals surface area contributed by atoms with E-state index in [0.29, 0.717) is 18.0 Å². The summed E-state index contributed by atoms with van der Waals surface area (Å²) >= 11 is 12.3. The van der Waals surface area contributed by atoms with Crippen LogP contribution >= 0.6 is 23.2 Å². The first-order valence-corrected chi connectivity index (χ1v) is 7.84. The van der Waals surface area contributed by atoms with Crippen molar-refractivity contribution in [3.8, 4) is 5.75 Å². The van der Waals surface area contributed by atoms with E-state index >= 15 is 0 Å². The molecule has 1 heterocycles. The van der Waals surface area contributed by atoms with Crippen molar-refractivity contribution in [1.29, 1.82) is 0 Å². The molecule has 2 N–H and O–H groups in total. The molecule has 124 valence electrons. The molecule has 0 aromatic heterocycles. The lowest BCUT2D eigenvalue weighted by Gasteiger charge is -2.24. The minimum atomic E-state index is -0.232. The normalized spacial score (nSPS) is 17.6. The number of carbonyl (C=O) groups excluding carboxylic acids is 2. The third-order valence-electron chi connectivity index (χ3n) is 3.37. The molecule has 0 radical (unpaired) electrons. The van der Waals surface area contributed by atoms with Crippen molar-refractivity contribution in [2.75, 3.05) is 5.32 Å². The second kappa shape index (κ2) is 7.19. The van der Waals surface area contributed by atoms with Crippen LogP contribution in [0.2, 0.25) is 10.0 Å². The van der Waals surface area contributed by atoms with Gasteiger partial charge in [0.05, 0.1) is 16.0 Å². The van der Waals surface area contributed by atoms with Crippen LogP contribution < -0.4 is 15.5 Å². The van der Waals surface area contributed by atoms with E-state index in [0.717, 1.165) is 0 Å². The van der Waals surface area contributed by atoms with Crippen LogP contribution in [0.5, 0.6) is 5.75 Å². The average molecular weight is 358 g/mol. The SMILES string of the molecule is CC(=O)Nc1cc(Cl)c(OC2=NNC(=O)C(C(C)C)C2)c(Cl)c1. The fourth-order valence-electron chi connectivity index (χ4n) is 2.18. The van der Waals surface area contributed by atoms with E-state index in [4.69, 9.17) is 27.9 Å². The number of rotatable bonds is 3. The maximum atomic E-state index is 11.7. The zero-order chi connectivity index (χ0) is 17.1. The Morgan fingerprint density at radius 1 is 1.39 bits per heavy atom. The Morgan fingerprint density at radius 3 is 2.52 bits per heavy atom. The van der Waals surface area contributed by atoms with E-state index in [9.17, 15) is 9.59 Å². The maximum Gasteiger partial charge on any atom is 0.244 e. The summed E-state index contributed by atoms with van der Waals surface area (Å²) in [5, 5.41) is 6.97. The van der Waals surface area contributed by atoms with Gasteiger partial charge in [-0.05, 0) is 18.1 Å². The van der Waals surface area contributed by atoms with Crippen LogP contribution in [0.4, 0.5) is 5.69 Å². The Bertz CT molecular complexity index is 651. The highest BCUT2D eigenvalue weighted by atomic mass is 35.5. The Morgan fingerprint density at radius 2 is 2.00 bits per heavy atom. The second-order valence-electron chi connectivity index (χ2n) is 5.59. The summed E-state index contributed by atoms with van der Waals surface area (Å²) in [4.78, 5) is 22.8. The minimum absolute atomic E-state index is 0.134. The van der Waals surface area contributed by atoms with Crippen molar-refractivity contribution in [3.63, 3.8) is 0 Å². The average Bonchev–Trinajstić information content (AvgIpc) is 2.43. The van der Waals surface area contributed by atoms with Gasteiger partial charge in [0.25, 0.3) is 0 Å². The van der Waals surface area contributed by atoms with Gasteiger partial charge in [-0.2, -0.15) is 0 Å². The molecule has 23 heavy (non-hydrogen) atoms. The first-order valence-electron chi connectivity index (χ1n) is 7.08. The van der Waals surface area contributed by atoms with Gasteiger partial charge in [-0.1, -0.05) is 37.0 Å². The van der Waals surface area contributed by atoms with Crippen molar-refractivity contribution in [1.82, 2.24) is 5.43 Å². The molecule has 1 aliphatic heterocycles. The molecule has 2 amide bonds. The number of anilines is 1. The predicted octanol–water partition coefficient (Wildman–Crippen LogP) is 3.44. The van der Waals surface area contributed by atoms with Crippen LogP contribution in [0.3, 0.4) is 0 Å². The van der Waals surface area contributed by atoms with E-state index in [1.54, 1.807) is 0 Å². The fraction of sp³-hybridized carbons (Fsp3) is 0.400. The number of carbonyl (C=O) groups is 2. The predicted molar refractivity (Wildman–Crippen MR) is 89.9 cm³/mol. The van der Waals surface area contributed by atoms with Gasteiger partial charge in [-0.15, -0.1) is 5.10 Å². The molecule has 1 aromatic rings. The number of benzene rings is 1. The van der Waals surface area contributed by atoms with E-state index in [1.807, 2.05) is 13.8 Å². The molecule has 8 heteroatoms. The smallest absolute Gasteiger partial charge is 0.244 e.